The van der Waals surface area contributed by atoms with E-state index < -0.39 is 6.03 Å². The number of carbonyl (C=O) groups is 3. The van der Waals surface area contributed by atoms with Gasteiger partial charge in [-0.2, -0.15) is 0 Å². The second-order valence-electron chi connectivity index (χ2n) is 7.14. The molecule has 10 nitrogen and oxygen atoms in total. The monoisotopic (exact) mass is 420 g/mol. The van der Waals surface area contributed by atoms with Gasteiger partial charge in [-0.25, -0.2) is 4.79 Å². The van der Waals surface area contributed by atoms with Crippen LogP contribution < -0.4 is 15.0 Å². The lowest BCUT2D eigenvalue weighted by Gasteiger charge is -2.36. The molecular formula is C20H28N4O6. The van der Waals surface area contributed by atoms with Gasteiger partial charge in [-0.15, -0.1) is 0 Å². The SMILES string of the molecule is COc1ccc(C(=O)N2CCN(CC(OC)OC)CC2)cc1N1CCC(=O)NC1=O. The first-order valence-electron chi connectivity index (χ1n) is 9.83. The number of imide groups is 1. The zero-order chi connectivity index (χ0) is 21.7. The maximum absolute atomic E-state index is 13.1. The first kappa shape index (κ1) is 22.0. The summed E-state index contributed by atoms with van der Waals surface area (Å²) in [4.78, 5) is 42.1. The van der Waals surface area contributed by atoms with Crippen LogP contribution in [0.3, 0.4) is 0 Å². The lowest BCUT2D eigenvalue weighted by atomic mass is 10.1. The van der Waals surface area contributed by atoms with Crippen molar-refractivity contribution in [2.24, 2.45) is 0 Å². The topological polar surface area (TPSA) is 101 Å². The molecule has 2 aliphatic rings. The molecule has 3 rings (SSSR count). The Balaban J connectivity index is 1.70. The van der Waals surface area contributed by atoms with Gasteiger partial charge in [0.1, 0.15) is 5.75 Å². The van der Waals surface area contributed by atoms with Crippen LogP contribution in [0.5, 0.6) is 5.75 Å². The Morgan fingerprint density at radius 2 is 1.77 bits per heavy atom. The van der Waals surface area contributed by atoms with Crippen LogP contribution in [0, 0.1) is 0 Å². The van der Waals surface area contributed by atoms with Crippen LogP contribution >= 0.6 is 0 Å². The number of rotatable bonds is 7. The summed E-state index contributed by atoms with van der Waals surface area (Å²) in [6.07, 6.45) is -0.0992. The number of benzene rings is 1. The van der Waals surface area contributed by atoms with E-state index in [1.807, 2.05) is 0 Å². The highest BCUT2D eigenvalue weighted by atomic mass is 16.7. The van der Waals surface area contributed by atoms with Crippen LogP contribution in [0.1, 0.15) is 16.8 Å². The fraction of sp³-hybridized carbons (Fsp3) is 0.550. The fourth-order valence-corrected chi connectivity index (χ4v) is 3.60. The van der Waals surface area contributed by atoms with Crippen LogP contribution in [-0.4, -0.2) is 94.5 Å². The highest BCUT2D eigenvalue weighted by molar-refractivity contribution is 6.07. The number of hydrogen-bond donors (Lipinski definition) is 1. The first-order valence-corrected chi connectivity index (χ1v) is 9.83. The van der Waals surface area contributed by atoms with E-state index in [9.17, 15) is 14.4 Å². The molecule has 0 saturated carbocycles. The molecular weight excluding hydrogens is 392 g/mol. The van der Waals surface area contributed by atoms with Crippen molar-refractivity contribution in [1.29, 1.82) is 0 Å². The third-order valence-electron chi connectivity index (χ3n) is 5.36. The predicted octanol–water partition coefficient (Wildman–Crippen LogP) is 0.518. The summed E-state index contributed by atoms with van der Waals surface area (Å²) >= 11 is 0. The zero-order valence-electron chi connectivity index (χ0n) is 17.6. The van der Waals surface area contributed by atoms with Crippen LogP contribution in [0.4, 0.5) is 10.5 Å². The minimum absolute atomic E-state index is 0.109. The van der Waals surface area contributed by atoms with Gasteiger partial charge in [-0.3, -0.25) is 24.7 Å². The average Bonchev–Trinajstić information content (AvgIpc) is 2.77. The Bertz CT molecular complexity index is 790. The molecule has 2 fully saturated rings. The van der Waals surface area contributed by atoms with E-state index in [-0.39, 0.29) is 31.1 Å². The molecule has 0 atom stereocenters. The molecule has 2 saturated heterocycles. The summed E-state index contributed by atoms with van der Waals surface area (Å²) in [6.45, 7) is 3.48. The summed E-state index contributed by atoms with van der Waals surface area (Å²) in [5, 5.41) is 2.29. The van der Waals surface area contributed by atoms with E-state index in [0.717, 1.165) is 0 Å². The Morgan fingerprint density at radius 3 is 2.37 bits per heavy atom. The van der Waals surface area contributed by atoms with Gasteiger partial charge in [0.2, 0.25) is 5.91 Å². The summed E-state index contributed by atoms with van der Waals surface area (Å²) in [5.41, 5.74) is 0.936. The van der Waals surface area contributed by atoms with Crippen molar-refractivity contribution >= 4 is 23.5 Å². The molecule has 0 spiro atoms. The fourth-order valence-electron chi connectivity index (χ4n) is 3.60. The smallest absolute Gasteiger partial charge is 0.328 e. The number of ether oxygens (including phenoxy) is 3. The van der Waals surface area contributed by atoms with Crippen LogP contribution in [0.15, 0.2) is 18.2 Å². The molecule has 0 aromatic heterocycles. The quantitative estimate of drug-likeness (QED) is 0.642. The van der Waals surface area contributed by atoms with Crippen molar-refractivity contribution in [2.75, 3.05) is 65.5 Å². The van der Waals surface area contributed by atoms with Gasteiger partial charge in [-0.1, -0.05) is 0 Å². The Kier molecular flexibility index (Phi) is 7.24. The normalized spacial score (nSPS) is 18.0. The van der Waals surface area contributed by atoms with Crippen LogP contribution in [0.2, 0.25) is 0 Å². The lowest BCUT2D eigenvalue weighted by molar-refractivity contribution is -0.120. The van der Waals surface area contributed by atoms with E-state index in [4.69, 9.17) is 14.2 Å². The van der Waals surface area contributed by atoms with E-state index in [1.165, 1.54) is 12.0 Å². The molecule has 0 aliphatic carbocycles. The van der Waals surface area contributed by atoms with E-state index in [1.54, 1.807) is 37.3 Å². The van der Waals surface area contributed by atoms with Crippen molar-refractivity contribution in [3.63, 3.8) is 0 Å². The highest BCUT2D eigenvalue weighted by Gasteiger charge is 2.29. The number of nitrogens with zero attached hydrogens (tertiary/aromatic N) is 3. The van der Waals surface area contributed by atoms with Gasteiger partial charge in [0.25, 0.3) is 5.91 Å². The minimum atomic E-state index is -0.520. The lowest BCUT2D eigenvalue weighted by Crippen LogP contribution is -2.51. The van der Waals surface area contributed by atoms with Crippen molar-refractivity contribution < 1.29 is 28.6 Å². The van der Waals surface area contributed by atoms with Crippen molar-refractivity contribution in [3.8, 4) is 5.75 Å². The molecule has 2 aliphatic heterocycles. The van der Waals surface area contributed by atoms with Gasteiger partial charge in [-0.05, 0) is 18.2 Å². The minimum Gasteiger partial charge on any atom is -0.495 e. The summed E-state index contributed by atoms with van der Waals surface area (Å²) in [5.74, 6) is 0.0395. The Labute approximate surface area is 175 Å². The number of amides is 4. The molecule has 1 aromatic rings. The summed E-state index contributed by atoms with van der Waals surface area (Å²) < 4.78 is 15.8. The molecule has 10 heteroatoms. The molecule has 0 unspecified atom stereocenters. The molecule has 0 bridgehead atoms. The van der Waals surface area contributed by atoms with Crippen molar-refractivity contribution in [2.45, 2.75) is 12.7 Å². The molecule has 164 valence electrons. The summed E-state index contributed by atoms with van der Waals surface area (Å²) in [7, 11) is 4.71. The number of nitrogens with one attached hydrogen (secondary N) is 1. The number of piperazine rings is 1. The molecule has 1 aromatic carbocycles. The number of anilines is 1. The predicted molar refractivity (Wildman–Crippen MR) is 109 cm³/mol. The molecule has 4 amide bonds. The largest absolute Gasteiger partial charge is 0.495 e. The van der Waals surface area contributed by atoms with Crippen molar-refractivity contribution in [1.82, 2.24) is 15.1 Å². The second kappa shape index (κ2) is 9.88. The number of urea groups is 1. The molecule has 2 heterocycles. The van der Waals surface area contributed by atoms with Crippen LogP contribution in [0.25, 0.3) is 0 Å². The standard InChI is InChI=1S/C20H28N4O6/c1-28-16-5-4-14(12-15(16)24-7-6-17(25)21-20(24)27)19(26)23-10-8-22(9-11-23)13-18(29-2)30-3/h4-5,12,18H,6-11,13H2,1-3H3,(H,21,25,27). The third-order valence-corrected chi connectivity index (χ3v) is 5.36. The number of carbonyl (C=O) groups excluding carboxylic acids is 3. The van der Waals surface area contributed by atoms with E-state index in [0.29, 0.717) is 49.7 Å². The van der Waals surface area contributed by atoms with Gasteiger partial charge in [0.15, 0.2) is 6.29 Å². The van der Waals surface area contributed by atoms with Crippen molar-refractivity contribution in [3.05, 3.63) is 23.8 Å². The third kappa shape index (κ3) is 4.89. The highest BCUT2D eigenvalue weighted by Crippen LogP contribution is 2.31. The maximum Gasteiger partial charge on any atom is 0.328 e. The maximum atomic E-state index is 13.1. The molecule has 0 radical (unpaired) electrons. The Hall–Kier alpha value is -2.69. The van der Waals surface area contributed by atoms with Gasteiger partial charge in [0, 0.05) is 65.5 Å². The average molecular weight is 420 g/mol. The summed E-state index contributed by atoms with van der Waals surface area (Å²) in [6, 6.07) is 4.49. The van der Waals surface area contributed by atoms with Crippen LogP contribution in [-0.2, 0) is 14.3 Å². The number of methoxy groups -OCH3 is 3. The van der Waals surface area contributed by atoms with Gasteiger partial charge < -0.3 is 19.1 Å². The Morgan fingerprint density at radius 1 is 1.07 bits per heavy atom. The first-order chi connectivity index (χ1) is 14.5. The zero-order valence-corrected chi connectivity index (χ0v) is 17.6. The van der Waals surface area contributed by atoms with E-state index >= 15 is 0 Å². The second-order valence-corrected chi connectivity index (χ2v) is 7.14. The van der Waals surface area contributed by atoms with Gasteiger partial charge in [0.05, 0.1) is 12.8 Å². The van der Waals surface area contributed by atoms with E-state index in [2.05, 4.69) is 10.2 Å². The molecule has 1 N–H and O–H groups in total. The molecule has 30 heavy (non-hydrogen) atoms. The number of hydrogen-bond acceptors (Lipinski definition) is 7. The van der Waals surface area contributed by atoms with Gasteiger partial charge >= 0.3 is 6.03 Å².